The molecule has 1 saturated heterocycles. The van der Waals surface area contributed by atoms with Crippen LogP contribution in [0, 0.1) is 0 Å². The van der Waals surface area contributed by atoms with Crippen molar-refractivity contribution in [3.63, 3.8) is 0 Å². The van der Waals surface area contributed by atoms with Crippen LogP contribution in [-0.4, -0.2) is 31.1 Å². The fourth-order valence-electron chi connectivity index (χ4n) is 3.03. The van der Waals surface area contributed by atoms with E-state index in [1.807, 2.05) is 65.6 Å². The van der Waals surface area contributed by atoms with E-state index in [1.54, 1.807) is 0 Å². The molecule has 0 spiro atoms. The number of hydrogen-bond acceptors (Lipinski definition) is 5. The summed E-state index contributed by atoms with van der Waals surface area (Å²) in [6.07, 6.45) is 1.19. The third-order valence-corrected chi connectivity index (χ3v) is 4.22. The molecule has 0 aliphatic carbocycles. The van der Waals surface area contributed by atoms with E-state index < -0.39 is 11.9 Å². The molecule has 0 saturated carbocycles. The third-order valence-electron chi connectivity index (χ3n) is 4.22. The van der Waals surface area contributed by atoms with Crippen molar-refractivity contribution in [2.24, 2.45) is 0 Å². The van der Waals surface area contributed by atoms with Crippen LogP contribution < -0.4 is 0 Å². The second-order valence-electron chi connectivity index (χ2n) is 5.66. The highest BCUT2D eigenvalue weighted by atomic mass is 16.5. The zero-order valence-corrected chi connectivity index (χ0v) is 14.1. The summed E-state index contributed by atoms with van der Waals surface area (Å²) in [5, 5.41) is 0. The van der Waals surface area contributed by atoms with Crippen LogP contribution in [0.15, 0.2) is 72.4 Å². The van der Waals surface area contributed by atoms with Gasteiger partial charge in [-0.25, -0.2) is 9.59 Å². The molecule has 0 amide bonds. The number of esters is 2. The van der Waals surface area contributed by atoms with E-state index in [0.717, 1.165) is 11.1 Å². The lowest BCUT2D eigenvalue weighted by atomic mass is 10.0. The van der Waals surface area contributed by atoms with E-state index in [-0.39, 0.29) is 17.8 Å². The summed E-state index contributed by atoms with van der Waals surface area (Å²) in [6.45, 7) is 0. The normalized spacial score (nSPS) is 19.3. The first-order valence-corrected chi connectivity index (χ1v) is 7.93. The maximum atomic E-state index is 12.3. The molecule has 5 heteroatoms. The molecule has 2 atom stereocenters. The Morgan fingerprint density at radius 1 is 0.840 bits per heavy atom. The standard InChI is InChI=1S/C20H19NO4/c1-24-17(22)13-16(20(23)25-2)21-18(14-9-5-3-6-10-14)19(21)15-11-7-4-8-12-15/h3-13,18-19H,1-2H3/b16-13+/t18-,19-/m1/s1. The smallest absolute Gasteiger partial charge is 0.354 e. The lowest BCUT2D eigenvalue weighted by molar-refractivity contribution is -0.139. The predicted molar refractivity (Wildman–Crippen MR) is 92.3 cm³/mol. The molecule has 0 radical (unpaired) electrons. The van der Waals surface area contributed by atoms with Crippen molar-refractivity contribution < 1.29 is 19.1 Å². The second-order valence-corrected chi connectivity index (χ2v) is 5.66. The maximum Gasteiger partial charge on any atom is 0.354 e. The van der Waals surface area contributed by atoms with Crippen LogP contribution in [0.1, 0.15) is 23.2 Å². The number of benzene rings is 2. The van der Waals surface area contributed by atoms with Gasteiger partial charge in [-0.05, 0) is 11.1 Å². The minimum absolute atomic E-state index is 0.0430. The van der Waals surface area contributed by atoms with Crippen molar-refractivity contribution in [3.8, 4) is 0 Å². The Bertz CT molecular complexity index is 740. The van der Waals surface area contributed by atoms with E-state index in [2.05, 4.69) is 4.74 Å². The molecule has 1 aliphatic heterocycles. The van der Waals surface area contributed by atoms with Gasteiger partial charge in [0.1, 0.15) is 5.70 Å². The number of hydrogen-bond donors (Lipinski definition) is 0. The zero-order chi connectivity index (χ0) is 17.8. The van der Waals surface area contributed by atoms with Crippen molar-refractivity contribution >= 4 is 11.9 Å². The molecule has 1 fully saturated rings. The van der Waals surface area contributed by atoms with E-state index in [9.17, 15) is 9.59 Å². The number of methoxy groups -OCH3 is 2. The monoisotopic (exact) mass is 337 g/mol. The highest BCUT2D eigenvalue weighted by Crippen LogP contribution is 2.57. The summed E-state index contributed by atoms with van der Waals surface area (Å²) < 4.78 is 9.56. The molecule has 5 nitrogen and oxygen atoms in total. The zero-order valence-electron chi connectivity index (χ0n) is 14.1. The molecule has 2 aromatic carbocycles. The van der Waals surface area contributed by atoms with E-state index in [1.165, 1.54) is 20.3 Å². The Morgan fingerprint density at radius 2 is 1.32 bits per heavy atom. The number of carbonyl (C=O) groups excluding carboxylic acids is 2. The molecule has 0 aromatic heterocycles. The molecule has 3 rings (SSSR count). The molecule has 1 heterocycles. The first-order valence-electron chi connectivity index (χ1n) is 7.93. The molecule has 1 aliphatic rings. The number of nitrogens with zero attached hydrogens (tertiary/aromatic N) is 1. The van der Waals surface area contributed by atoms with Crippen LogP contribution in [-0.2, 0) is 19.1 Å². The van der Waals surface area contributed by atoms with Gasteiger partial charge in [-0.2, -0.15) is 0 Å². The minimum Gasteiger partial charge on any atom is -0.466 e. The van der Waals surface area contributed by atoms with Crippen LogP contribution in [0.3, 0.4) is 0 Å². The van der Waals surface area contributed by atoms with Crippen molar-refractivity contribution in [1.82, 2.24) is 4.90 Å². The summed E-state index contributed by atoms with van der Waals surface area (Å²) in [5.74, 6) is -1.16. The number of rotatable bonds is 5. The van der Waals surface area contributed by atoms with Gasteiger partial charge in [0.25, 0.3) is 0 Å². The lowest BCUT2D eigenvalue weighted by Crippen LogP contribution is -2.16. The van der Waals surface area contributed by atoms with Gasteiger partial charge in [0.2, 0.25) is 0 Å². The van der Waals surface area contributed by atoms with Crippen LogP contribution >= 0.6 is 0 Å². The minimum atomic E-state index is -0.592. The summed E-state index contributed by atoms with van der Waals surface area (Å²) >= 11 is 0. The van der Waals surface area contributed by atoms with Crippen molar-refractivity contribution in [1.29, 1.82) is 0 Å². The second kappa shape index (κ2) is 7.21. The number of ether oxygens (including phenoxy) is 2. The summed E-state index contributed by atoms with van der Waals surface area (Å²) in [7, 11) is 2.57. The topological polar surface area (TPSA) is 55.6 Å². The van der Waals surface area contributed by atoms with Crippen LogP contribution in [0.25, 0.3) is 0 Å². The van der Waals surface area contributed by atoms with Crippen LogP contribution in [0.4, 0.5) is 0 Å². The van der Waals surface area contributed by atoms with E-state index in [4.69, 9.17) is 4.74 Å². The SMILES string of the molecule is COC(=O)/C=C(\C(=O)OC)N1[C@H](c2ccccc2)[C@H]1c1ccccc1. The van der Waals surface area contributed by atoms with Crippen LogP contribution in [0.5, 0.6) is 0 Å². The molecule has 0 unspecified atom stereocenters. The highest BCUT2D eigenvalue weighted by Gasteiger charge is 2.52. The van der Waals surface area contributed by atoms with Gasteiger partial charge in [-0.3, -0.25) is 0 Å². The van der Waals surface area contributed by atoms with Crippen LogP contribution in [0.2, 0.25) is 0 Å². The molecule has 2 aromatic rings. The first-order chi connectivity index (χ1) is 12.2. The fourth-order valence-corrected chi connectivity index (χ4v) is 3.03. The first kappa shape index (κ1) is 16.8. The van der Waals surface area contributed by atoms with E-state index >= 15 is 0 Å². The average Bonchev–Trinajstić information content (AvgIpc) is 3.42. The van der Waals surface area contributed by atoms with Gasteiger partial charge < -0.3 is 14.4 Å². The highest BCUT2D eigenvalue weighted by molar-refractivity contribution is 5.96. The largest absolute Gasteiger partial charge is 0.466 e. The van der Waals surface area contributed by atoms with Gasteiger partial charge in [0.15, 0.2) is 0 Å². The Morgan fingerprint density at radius 3 is 1.72 bits per heavy atom. The maximum absolute atomic E-state index is 12.3. The van der Waals surface area contributed by atoms with Gasteiger partial charge in [-0.15, -0.1) is 0 Å². The summed E-state index contributed by atoms with van der Waals surface area (Å²) in [4.78, 5) is 25.9. The molecular weight excluding hydrogens is 318 g/mol. The predicted octanol–water partition coefficient (Wildman–Crippen LogP) is 3.01. The molecule has 0 bridgehead atoms. The van der Waals surface area contributed by atoms with E-state index in [0.29, 0.717) is 0 Å². The summed E-state index contributed by atoms with van der Waals surface area (Å²) in [5.41, 5.74) is 2.32. The Balaban J connectivity index is 2.02. The summed E-state index contributed by atoms with van der Waals surface area (Å²) in [6, 6.07) is 19.6. The Labute approximate surface area is 146 Å². The van der Waals surface area contributed by atoms with Gasteiger partial charge in [-0.1, -0.05) is 60.7 Å². The third kappa shape index (κ3) is 3.40. The number of carbonyl (C=O) groups is 2. The Kier molecular flexibility index (Phi) is 4.84. The Hall–Kier alpha value is -3.08. The molecule has 25 heavy (non-hydrogen) atoms. The lowest BCUT2D eigenvalue weighted by Gasteiger charge is -2.09. The van der Waals surface area contributed by atoms with Crippen molar-refractivity contribution in [2.75, 3.05) is 14.2 Å². The molecule has 0 N–H and O–H groups in total. The van der Waals surface area contributed by atoms with Crippen molar-refractivity contribution in [3.05, 3.63) is 83.6 Å². The van der Waals surface area contributed by atoms with Gasteiger partial charge in [0.05, 0.1) is 32.4 Å². The van der Waals surface area contributed by atoms with Crippen molar-refractivity contribution in [2.45, 2.75) is 12.1 Å². The fraction of sp³-hybridized carbons (Fsp3) is 0.200. The quantitative estimate of drug-likeness (QED) is 0.477. The molecular formula is C20H19NO4. The van der Waals surface area contributed by atoms with Gasteiger partial charge >= 0.3 is 11.9 Å². The van der Waals surface area contributed by atoms with Gasteiger partial charge in [0, 0.05) is 0 Å². The average molecular weight is 337 g/mol. The molecule has 128 valence electrons.